The van der Waals surface area contributed by atoms with Crippen LogP contribution in [-0.2, 0) is 9.59 Å². The third kappa shape index (κ3) is 3.44. The van der Waals surface area contributed by atoms with E-state index in [2.05, 4.69) is 15.3 Å². The minimum absolute atomic E-state index is 0.112. The van der Waals surface area contributed by atoms with Crippen molar-refractivity contribution in [2.45, 2.75) is 0 Å². The van der Waals surface area contributed by atoms with Gasteiger partial charge in [0.15, 0.2) is 0 Å². The Labute approximate surface area is 79.3 Å². The summed E-state index contributed by atoms with van der Waals surface area (Å²) in [7, 11) is 0. The highest BCUT2D eigenvalue weighted by molar-refractivity contribution is 6.01. The van der Waals surface area contributed by atoms with Gasteiger partial charge in [-0.05, 0) is 12.1 Å². The molecule has 0 fully saturated rings. The highest BCUT2D eigenvalue weighted by Gasteiger charge is 1.97. The SMILES string of the molecule is O=C([O-])C=CC(=O)Nc1ncccn1. The fourth-order valence-electron chi connectivity index (χ4n) is 0.659. The molecule has 1 rings (SSSR count). The second-order valence-electron chi connectivity index (χ2n) is 2.21. The topological polar surface area (TPSA) is 95.0 Å². The van der Waals surface area contributed by atoms with E-state index in [-0.39, 0.29) is 5.95 Å². The number of hydrogen-bond donors (Lipinski definition) is 1. The number of aliphatic carboxylic acids is 1. The van der Waals surface area contributed by atoms with Crippen molar-refractivity contribution in [3.63, 3.8) is 0 Å². The quantitative estimate of drug-likeness (QED) is 0.602. The summed E-state index contributed by atoms with van der Waals surface area (Å²) in [5.41, 5.74) is 0. The summed E-state index contributed by atoms with van der Waals surface area (Å²) < 4.78 is 0. The molecular weight excluding hydrogens is 186 g/mol. The Kier molecular flexibility index (Phi) is 3.31. The molecule has 0 radical (unpaired) electrons. The number of nitrogens with zero attached hydrogens (tertiary/aromatic N) is 2. The van der Waals surface area contributed by atoms with Crippen LogP contribution in [0.15, 0.2) is 30.6 Å². The van der Waals surface area contributed by atoms with E-state index in [0.717, 1.165) is 6.08 Å². The smallest absolute Gasteiger partial charge is 0.250 e. The predicted octanol–water partition coefficient (Wildman–Crippen LogP) is -1.28. The maximum absolute atomic E-state index is 10.9. The Bertz CT molecular complexity index is 361. The monoisotopic (exact) mass is 192 g/mol. The first-order valence-electron chi connectivity index (χ1n) is 3.65. The third-order valence-electron chi connectivity index (χ3n) is 1.17. The average Bonchev–Trinajstić information content (AvgIpc) is 2.16. The van der Waals surface area contributed by atoms with Crippen molar-refractivity contribution in [3.05, 3.63) is 30.6 Å². The van der Waals surface area contributed by atoms with Gasteiger partial charge in [0, 0.05) is 18.5 Å². The first kappa shape index (κ1) is 9.85. The number of anilines is 1. The van der Waals surface area contributed by atoms with Crippen molar-refractivity contribution in [1.29, 1.82) is 0 Å². The summed E-state index contributed by atoms with van der Waals surface area (Å²) >= 11 is 0. The minimum atomic E-state index is -1.44. The van der Waals surface area contributed by atoms with Crippen LogP contribution in [0.2, 0.25) is 0 Å². The Morgan fingerprint density at radius 2 is 1.93 bits per heavy atom. The standard InChI is InChI=1S/C8H7N3O3/c12-6(2-3-7(13)14)11-8-9-4-1-5-10-8/h1-5H,(H,13,14)(H,9,10,11,12)/p-1. The molecule has 0 unspecified atom stereocenters. The fraction of sp³-hybridized carbons (Fsp3) is 0. The number of hydrogen-bond acceptors (Lipinski definition) is 5. The van der Waals surface area contributed by atoms with Crippen LogP contribution in [0.5, 0.6) is 0 Å². The largest absolute Gasteiger partial charge is 0.545 e. The molecule has 1 N–H and O–H groups in total. The first-order valence-corrected chi connectivity index (χ1v) is 3.65. The van der Waals surface area contributed by atoms with Crippen molar-refractivity contribution in [2.24, 2.45) is 0 Å². The molecule has 0 bridgehead atoms. The molecule has 0 aliphatic carbocycles. The molecule has 1 aromatic rings. The van der Waals surface area contributed by atoms with E-state index in [4.69, 9.17) is 0 Å². The van der Waals surface area contributed by atoms with Gasteiger partial charge in [-0.25, -0.2) is 9.97 Å². The van der Waals surface area contributed by atoms with E-state index < -0.39 is 11.9 Å². The molecule has 1 heterocycles. The first-order chi connectivity index (χ1) is 6.68. The van der Waals surface area contributed by atoms with Crippen LogP contribution >= 0.6 is 0 Å². The van der Waals surface area contributed by atoms with E-state index in [1.807, 2.05) is 0 Å². The minimum Gasteiger partial charge on any atom is -0.545 e. The zero-order valence-electron chi connectivity index (χ0n) is 7.01. The molecule has 0 aliphatic rings. The van der Waals surface area contributed by atoms with Gasteiger partial charge in [-0.2, -0.15) is 0 Å². The Balaban J connectivity index is 2.54. The Hall–Kier alpha value is -2.24. The zero-order valence-corrected chi connectivity index (χ0v) is 7.01. The predicted molar refractivity (Wildman–Crippen MR) is 44.8 cm³/mol. The molecule has 0 aromatic carbocycles. The van der Waals surface area contributed by atoms with Crippen molar-refractivity contribution >= 4 is 17.8 Å². The number of amides is 1. The number of carboxylic acids is 1. The number of carbonyl (C=O) groups excluding carboxylic acids is 2. The lowest BCUT2D eigenvalue weighted by molar-refractivity contribution is -0.297. The van der Waals surface area contributed by atoms with Gasteiger partial charge in [0.1, 0.15) is 0 Å². The molecule has 1 amide bonds. The van der Waals surface area contributed by atoms with Crippen molar-refractivity contribution in [2.75, 3.05) is 5.32 Å². The van der Waals surface area contributed by atoms with Crippen LogP contribution in [-0.4, -0.2) is 21.8 Å². The van der Waals surface area contributed by atoms with E-state index >= 15 is 0 Å². The second kappa shape index (κ2) is 4.70. The highest BCUT2D eigenvalue weighted by atomic mass is 16.4. The number of nitrogens with one attached hydrogen (secondary N) is 1. The van der Waals surface area contributed by atoms with Gasteiger partial charge >= 0.3 is 0 Å². The van der Waals surface area contributed by atoms with E-state index in [0.29, 0.717) is 6.08 Å². The molecule has 1 aromatic heterocycles. The lowest BCUT2D eigenvalue weighted by Crippen LogP contribution is -2.20. The molecule has 6 heteroatoms. The summed E-state index contributed by atoms with van der Waals surface area (Å²) in [6, 6.07) is 1.59. The van der Waals surface area contributed by atoms with Gasteiger partial charge in [-0.3, -0.25) is 10.1 Å². The molecule has 0 saturated carbocycles. The normalized spacial score (nSPS) is 10.0. The van der Waals surface area contributed by atoms with Crippen LogP contribution in [0.1, 0.15) is 0 Å². The van der Waals surface area contributed by atoms with Gasteiger partial charge in [0.05, 0.1) is 5.97 Å². The zero-order chi connectivity index (χ0) is 10.4. The van der Waals surface area contributed by atoms with Crippen LogP contribution in [0.25, 0.3) is 0 Å². The third-order valence-corrected chi connectivity index (χ3v) is 1.17. The lowest BCUT2D eigenvalue weighted by Gasteiger charge is -1.97. The molecule has 0 saturated heterocycles. The Morgan fingerprint density at radius 1 is 1.29 bits per heavy atom. The van der Waals surface area contributed by atoms with Crippen LogP contribution < -0.4 is 10.4 Å². The second-order valence-corrected chi connectivity index (χ2v) is 2.21. The Morgan fingerprint density at radius 3 is 2.50 bits per heavy atom. The summed E-state index contributed by atoms with van der Waals surface area (Å²) in [5, 5.41) is 12.2. The molecule has 6 nitrogen and oxygen atoms in total. The average molecular weight is 192 g/mol. The number of carboxylic acid groups (broad SMARTS) is 1. The summed E-state index contributed by atoms with van der Waals surface area (Å²) in [5.74, 6) is -1.95. The van der Waals surface area contributed by atoms with Gasteiger partial charge in [0.25, 0.3) is 5.91 Å². The maximum Gasteiger partial charge on any atom is 0.250 e. The maximum atomic E-state index is 10.9. The summed E-state index contributed by atoms with van der Waals surface area (Å²) in [6.45, 7) is 0. The van der Waals surface area contributed by atoms with Crippen molar-refractivity contribution < 1.29 is 14.7 Å². The van der Waals surface area contributed by atoms with Crippen LogP contribution in [0.4, 0.5) is 5.95 Å². The van der Waals surface area contributed by atoms with Crippen molar-refractivity contribution in [1.82, 2.24) is 9.97 Å². The van der Waals surface area contributed by atoms with Crippen LogP contribution in [0, 0.1) is 0 Å². The number of rotatable bonds is 3. The summed E-state index contributed by atoms with van der Waals surface area (Å²) in [6.07, 6.45) is 4.35. The molecule has 0 spiro atoms. The fourth-order valence-corrected chi connectivity index (χ4v) is 0.659. The van der Waals surface area contributed by atoms with Gasteiger partial charge in [-0.1, -0.05) is 0 Å². The van der Waals surface area contributed by atoms with E-state index in [9.17, 15) is 14.7 Å². The highest BCUT2D eigenvalue weighted by Crippen LogP contribution is 1.93. The summed E-state index contributed by atoms with van der Waals surface area (Å²) in [4.78, 5) is 28.3. The molecule has 14 heavy (non-hydrogen) atoms. The molecule has 72 valence electrons. The van der Waals surface area contributed by atoms with E-state index in [1.54, 1.807) is 6.07 Å². The number of carbonyl (C=O) groups is 2. The molecular formula is C8H6N3O3-. The molecule has 0 aliphatic heterocycles. The number of aromatic nitrogens is 2. The van der Waals surface area contributed by atoms with Gasteiger partial charge in [0.2, 0.25) is 5.95 Å². The van der Waals surface area contributed by atoms with E-state index in [1.165, 1.54) is 12.4 Å². The van der Waals surface area contributed by atoms with Gasteiger partial charge < -0.3 is 9.90 Å². The van der Waals surface area contributed by atoms with Gasteiger partial charge in [-0.15, -0.1) is 0 Å². The van der Waals surface area contributed by atoms with Crippen LogP contribution in [0.3, 0.4) is 0 Å². The van der Waals surface area contributed by atoms with Crippen molar-refractivity contribution in [3.8, 4) is 0 Å². The lowest BCUT2D eigenvalue weighted by atomic mass is 10.5. The molecule has 0 atom stereocenters.